The first-order valence-electron chi connectivity index (χ1n) is 5.94. The summed E-state index contributed by atoms with van der Waals surface area (Å²) in [6.45, 7) is 8.31. The molecule has 1 unspecified atom stereocenters. The minimum absolute atomic E-state index is 0.00824. The Morgan fingerprint density at radius 1 is 1.53 bits per heavy atom. The fourth-order valence-corrected chi connectivity index (χ4v) is 2.03. The summed E-state index contributed by atoms with van der Waals surface area (Å²) >= 11 is 0. The van der Waals surface area contributed by atoms with Crippen LogP contribution in [0.1, 0.15) is 48.1 Å². The van der Waals surface area contributed by atoms with Crippen LogP contribution in [0.15, 0.2) is 6.07 Å². The SMILES string of the molecule is CCCNC(=O)C(C)n1c(C)cc(C=O)c1C. The number of hydrogen-bond acceptors (Lipinski definition) is 2. The zero-order valence-electron chi connectivity index (χ0n) is 10.9. The third-order valence-electron chi connectivity index (χ3n) is 2.97. The second-order valence-electron chi connectivity index (χ2n) is 4.28. The van der Waals surface area contributed by atoms with E-state index < -0.39 is 0 Å². The maximum atomic E-state index is 11.9. The van der Waals surface area contributed by atoms with Gasteiger partial charge in [0.2, 0.25) is 5.91 Å². The maximum Gasteiger partial charge on any atom is 0.242 e. The molecule has 0 aliphatic rings. The Morgan fingerprint density at radius 3 is 2.65 bits per heavy atom. The lowest BCUT2D eigenvalue weighted by atomic mass is 10.2. The van der Waals surface area contributed by atoms with Gasteiger partial charge < -0.3 is 9.88 Å². The van der Waals surface area contributed by atoms with Crippen LogP contribution in [0.25, 0.3) is 0 Å². The van der Waals surface area contributed by atoms with Crippen molar-refractivity contribution >= 4 is 12.2 Å². The van der Waals surface area contributed by atoms with Gasteiger partial charge in [0.1, 0.15) is 6.04 Å². The Labute approximate surface area is 102 Å². The van der Waals surface area contributed by atoms with Crippen LogP contribution < -0.4 is 5.32 Å². The predicted octanol–water partition coefficient (Wildman–Crippen LogP) is 2.00. The molecule has 0 aliphatic carbocycles. The third kappa shape index (κ3) is 2.75. The molecule has 1 aromatic rings. The highest BCUT2D eigenvalue weighted by Crippen LogP contribution is 2.19. The molecule has 4 heteroatoms. The Balaban J connectivity index is 2.95. The van der Waals surface area contributed by atoms with E-state index in [4.69, 9.17) is 0 Å². The minimum Gasteiger partial charge on any atom is -0.354 e. The summed E-state index contributed by atoms with van der Waals surface area (Å²) < 4.78 is 1.90. The molecular weight excluding hydrogens is 216 g/mol. The van der Waals surface area contributed by atoms with Gasteiger partial charge in [-0.15, -0.1) is 0 Å². The van der Waals surface area contributed by atoms with E-state index in [9.17, 15) is 9.59 Å². The van der Waals surface area contributed by atoms with Crippen LogP contribution in [-0.2, 0) is 4.79 Å². The molecule has 0 aromatic carbocycles. The first-order chi connectivity index (χ1) is 8.02. The van der Waals surface area contributed by atoms with Crippen molar-refractivity contribution in [1.29, 1.82) is 0 Å². The number of nitrogens with zero attached hydrogens (tertiary/aromatic N) is 1. The molecular formula is C13H20N2O2. The first kappa shape index (κ1) is 13.5. The number of carbonyl (C=O) groups excluding carboxylic acids is 2. The molecule has 1 rings (SSSR count). The van der Waals surface area contributed by atoms with Gasteiger partial charge in [0.05, 0.1) is 0 Å². The molecule has 1 aromatic heterocycles. The van der Waals surface area contributed by atoms with Crippen molar-refractivity contribution in [2.45, 2.75) is 40.2 Å². The molecule has 0 saturated carbocycles. The number of hydrogen-bond donors (Lipinski definition) is 1. The second kappa shape index (κ2) is 5.66. The van der Waals surface area contributed by atoms with Gasteiger partial charge in [-0.1, -0.05) is 6.92 Å². The lowest BCUT2D eigenvalue weighted by molar-refractivity contribution is -0.123. The summed E-state index contributed by atoms with van der Waals surface area (Å²) in [5.74, 6) is -0.00824. The van der Waals surface area contributed by atoms with E-state index in [1.165, 1.54) is 0 Å². The Morgan fingerprint density at radius 2 is 2.18 bits per heavy atom. The van der Waals surface area contributed by atoms with Crippen LogP contribution in [0.5, 0.6) is 0 Å². The number of aryl methyl sites for hydroxylation is 1. The normalized spacial score (nSPS) is 12.2. The average Bonchev–Trinajstić information content (AvgIpc) is 2.60. The van der Waals surface area contributed by atoms with E-state index >= 15 is 0 Å². The van der Waals surface area contributed by atoms with Crippen molar-refractivity contribution in [2.24, 2.45) is 0 Å². The molecule has 0 saturated heterocycles. The molecule has 1 heterocycles. The van der Waals surface area contributed by atoms with E-state index in [0.717, 1.165) is 24.1 Å². The van der Waals surface area contributed by atoms with E-state index in [-0.39, 0.29) is 11.9 Å². The van der Waals surface area contributed by atoms with Gasteiger partial charge in [0.25, 0.3) is 0 Å². The van der Waals surface area contributed by atoms with Crippen LogP contribution in [0.2, 0.25) is 0 Å². The number of aldehydes is 1. The van der Waals surface area contributed by atoms with Crippen molar-refractivity contribution in [3.63, 3.8) is 0 Å². The van der Waals surface area contributed by atoms with Gasteiger partial charge in [-0.25, -0.2) is 0 Å². The summed E-state index contributed by atoms with van der Waals surface area (Å²) in [6.07, 6.45) is 1.75. The van der Waals surface area contributed by atoms with Gasteiger partial charge in [-0.3, -0.25) is 9.59 Å². The quantitative estimate of drug-likeness (QED) is 0.795. The van der Waals surface area contributed by atoms with Gasteiger partial charge in [-0.05, 0) is 33.3 Å². The Bertz CT molecular complexity index is 421. The van der Waals surface area contributed by atoms with Gasteiger partial charge in [0, 0.05) is 23.5 Å². The van der Waals surface area contributed by atoms with Crippen molar-refractivity contribution in [3.8, 4) is 0 Å². The van der Waals surface area contributed by atoms with Crippen molar-refractivity contribution < 1.29 is 9.59 Å². The number of nitrogens with one attached hydrogen (secondary N) is 1. The van der Waals surface area contributed by atoms with E-state index in [2.05, 4.69) is 5.32 Å². The fraction of sp³-hybridized carbons (Fsp3) is 0.538. The van der Waals surface area contributed by atoms with Crippen LogP contribution in [0, 0.1) is 13.8 Å². The summed E-state index contributed by atoms with van der Waals surface area (Å²) in [6, 6.07) is 1.53. The van der Waals surface area contributed by atoms with Crippen molar-refractivity contribution in [3.05, 3.63) is 23.0 Å². The monoisotopic (exact) mass is 236 g/mol. The third-order valence-corrected chi connectivity index (χ3v) is 2.97. The van der Waals surface area contributed by atoms with Crippen molar-refractivity contribution in [2.75, 3.05) is 6.54 Å². The highest BCUT2D eigenvalue weighted by atomic mass is 16.2. The molecule has 1 N–H and O–H groups in total. The molecule has 1 amide bonds. The van der Waals surface area contributed by atoms with Crippen molar-refractivity contribution in [1.82, 2.24) is 9.88 Å². The number of rotatable bonds is 5. The van der Waals surface area contributed by atoms with Gasteiger partial charge in [0.15, 0.2) is 6.29 Å². The molecule has 4 nitrogen and oxygen atoms in total. The zero-order chi connectivity index (χ0) is 13.0. The standard InChI is InChI=1S/C13H20N2O2/c1-5-6-14-13(17)11(4)15-9(2)7-12(8-16)10(15)3/h7-8,11H,5-6H2,1-4H3,(H,14,17). The molecule has 0 radical (unpaired) electrons. The lowest BCUT2D eigenvalue weighted by Crippen LogP contribution is -2.32. The predicted molar refractivity (Wildman–Crippen MR) is 67.3 cm³/mol. The largest absolute Gasteiger partial charge is 0.354 e. The molecule has 0 aliphatic heterocycles. The summed E-state index contributed by atoms with van der Waals surface area (Å²) in [5, 5.41) is 2.86. The maximum absolute atomic E-state index is 11.9. The lowest BCUT2D eigenvalue weighted by Gasteiger charge is -2.18. The fourth-order valence-electron chi connectivity index (χ4n) is 2.03. The van der Waals surface area contributed by atoms with E-state index in [1.54, 1.807) is 0 Å². The van der Waals surface area contributed by atoms with E-state index in [1.807, 2.05) is 38.3 Å². The first-order valence-corrected chi connectivity index (χ1v) is 5.94. The van der Waals surface area contributed by atoms with Crippen LogP contribution in [0.3, 0.4) is 0 Å². The van der Waals surface area contributed by atoms with Crippen LogP contribution >= 0.6 is 0 Å². The topological polar surface area (TPSA) is 51.1 Å². The van der Waals surface area contributed by atoms with Gasteiger partial charge >= 0.3 is 0 Å². The highest BCUT2D eigenvalue weighted by molar-refractivity contribution is 5.82. The summed E-state index contributed by atoms with van der Waals surface area (Å²) in [5.41, 5.74) is 2.43. The number of aromatic nitrogens is 1. The second-order valence-corrected chi connectivity index (χ2v) is 4.28. The molecule has 17 heavy (non-hydrogen) atoms. The average molecular weight is 236 g/mol. The zero-order valence-corrected chi connectivity index (χ0v) is 10.9. The Hall–Kier alpha value is -1.58. The van der Waals surface area contributed by atoms with Crippen LogP contribution in [-0.4, -0.2) is 23.3 Å². The number of carbonyl (C=O) groups is 2. The number of amides is 1. The summed E-state index contributed by atoms with van der Waals surface area (Å²) in [4.78, 5) is 22.7. The summed E-state index contributed by atoms with van der Waals surface area (Å²) in [7, 11) is 0. The highest BCUT2D eigenvalue weighted by Gasteiger charge is 2.19. The molecule has 94 valence electrons. The molecule has 0 spiro atoms. The minimum atomic E-state index is -0.282. The molecule has 0 bridgehead atoms. The van der Waals surface area contributed by atoms with Crippen LogP contribution in [0.4, 0.5) is 0 Å². The van der Waals surface area contributed by atoms with E-state index in [0.29, 0.717) is 12.1 Å². The Kier molecular flexibility index (Phi) is 4.49. The molecule has 1 atom stereocenters. The molecule has 0 fully saturated rings. The smallest absolute Gasteiger partial charge is 0.242 e. The van der Waals surface area contributed by atoms with Gasteiger partial charge in [-0.2, -0.15) is 0 Å².